The first-order chi connectivity index (χ1) is 7.13. The van der Waals surface area contributed by atoms with Crippen molar-refractivity contribution in [2.45, 2.75) is 6.92 Å². The summed E-state index contributed by atoms with van der Waals surface area (Å²) in [5, 5.41) is 8.24. The van der Waals surface area contributed by atoms with Crippen molar-refractivity contribution in [1.82, 2.24) is 15.0 Å². The Balaban J connectivity index is 0.000000195. The minimum Gasteiger partial charge on any atom is -0.469 e. The largest absolute Gasteiger partial charge is 0.469 e. The summed E-state index contributed by atoms with van der Waals surface area (Å²) in [6.45, 7) is 1.36. The molecule has 0 unspecified atom stereocenters. The number of ether oxygens (including phenoxy) is 1. The molecule has 0 amide bonds. The highest BCUT2D eigenvalue weighted by Crippen LogP contribution is 2.05. The maximum Gasteiger partial charge on any atom is 0.302 e. The molecule has 0 saturated heterocycles. The average Bonchev–Trinajstić information content (AvgIpc) is 2.58. The van der Waals surface area contributed by atoms with E-state index in [2.05, 4.69) is 14.9 Å². The molecule has 0 spiro atoms. The van der Waals surface area contributed by atoms with Crippen LogP contribution in [0, 0.1) is 0 Å². The molecule has 1 aromatic carbocycles. The van der Waals surface area contributed by atoms with Gasteiger partial charge in [0.05, 0.1) is 7.11 Å². The fraction of sp³-hybridized carbons (Fsp3) is 0.300. The van der Waals surface area contributed by atoms with Crippen molar-refractivity contribution in [1.29, 1.82) is 0 Å². The number of esters is 1. The Morgan fingerprint density at radius 3 is 2.00 bits per heavy atom. The normalized spacial score (nSPS) is 9.27. The predicted molar refractivity (Wildman–Crippen MR) is 56.2 cm³/mol. The van der Waals surface area contributed by atoms with E-state index in [1.807, 2.05) is 31.3 Å². The van der Waals surface area contributed by atoms with E-state index < -0.39 is 0 Å². The lowest BCUT2D eigenvalue weighted by Gasteiger charge is -1.80. The molecule has 0 fully saturated rings. The number of fused-ring (bicyclic) bond motifs is 1. The monoisotopic (exact) mass is 207 g/mol. The minimum atomic E-state index is -0.245. The van der Waals surface area contributed by atoms with E-state index in [9.17, 15) is 4.79 Å². The number of aryl methyl sites for hydroxylation is 1. The zero-order valence-electron chi connectivity index (χ0n) is 8.97. The van der Waals surface area contributed by atoms with Gasteiger partial charge in [-0.05, 0) is 12.1 Å². The molecule has 5 nitrogen and oxygen atoms in total. The Morgan fingerprint density at radius 2 is 1.67 bits per heavy atom. The third-order valence-electron chi connectivity index (χ3n) is 1.67. The second-order valence-electron chi connectivity index (χ2n) is 2.87. The first-order valence-electron chi connectivity index (χ1n) is 4.44. The molecule has 15 heavy (non-hydrogen) atoms. The number of carbonyl (C=O) groups excluding carboxylic acids is 1. The van der Waals surface area contributed by atoms with E-state index in [-0.39, 0.29) is 5.97 Å². The molecule has 2 rings (SSSR count). The Kier molecular flexibility index (Phi) is 3.79. The van der Waals surface area contributed by atoms with Gasteiger partial charge < -0.3 is 4.74 Å². The van der Waals surface area contributed by atoms with Crippen LogP contribution in [0.15, 0.2) is 24.3 Å². The Hall–Kier alpha value is -1.91. The van der Waals surface area contributed by atoms with Crippen molar-refractivity contribution < 1.29 is 9.53 Å². The first kappa shape index (κ1) is 11.2. The third kappa shape index (κ3) is 3.38. The van der Waals surface area contributed by atoms with E-state index in [4.69, 9.17) is 0 Å². The summed E-state index contributed by atoms with van der Waals surface area (Å²) < 4.78 is 4.11. The standard InChI is InChI=1S/C7H7N3.C3H6O2/c1-10-8-6-4-2-3-5-7(6)9-10;1-3(4)5-2/h2-5H,1H3;1-2H3. The number of carbonyl (C=O) groups is 1. The molecule has 0 aliphatic heterocycles. The van der Waals surface area contributed by atoms with Gasteiger partial charge in [-0.15, -0.1) is 0 Å². The summed E-state index contributed by atoms with van der Waals surface area (Å²) in [6, 6.07) is 7.80. The number of rotatable bonds is 0. The van der Waals surface area contributed by atoms with Gasteiger partial charge in [-0.25, -0.2) is 0 Å². The van der Waals surface area contributed by atoms with Crippen LogP contribution in [0.3, 0.4) is 0 Å². The molecule has 2 aromatic rings. The van der Waals surface area contributed by atoms with Crippen LogP contribution < -0.4 is 0 Å². The van der Waals surface area contributed by atoms with Crippen LogP contribution in [0.2, 0.25) is 0 Å². The number of nitrogens with zero attached hydrogens (tertiary/aromatic N) is 3. The SMILES string of the molecule is COC(C)=O.Cn1nc2ccccc2n1. The van der Waals surface area contributed by atoms with Crippen molar-refractivity contribution in [2.75, 3.05) is 7.11 Å². The van der Waals surface area contributed by atoms with E-state index in [0.29, 0.717) is 0 Å². The quantitative estimate of drug-likeness (QED) is 0.608. The summed E-state index contributed by atoms with van der Waals surface area (Å²) >= 11 is 0. The van der Waals surface area contributed by atoms with E-state index in [0.717, 1.165) is 11.0 Å². The molecule has 1 aromatic heterocycles. The second kappa shape index (κ2) is 5.09. The highest BCUT2D eigenvalue weighted by molar-refractivity contribution is 5.72. The van der Waals surface area contributed by atoms with Gasteiger partial charge in [-0.2, -0.15) is 15.0 Å². The van der Waals surface area contributed by atoms with Gasteiger partial charge in [0.2, 0.25) is 0 Å². The average molecular weight is 207 g/mol. The molecule has 0 radical (unpaired) electrons. The molecule has 1 heterocycles. The van der Waals surface area contributed by atoms with Gasteiger partial charge in [0, 0.05) is 14.0 Å². The smallest absolute Gasteiger partial charge is 0.302 e. The summed E-state index contributed by atoms with van der Waals surface area (Å²) in [4.78, 5) is 11.2. The van der Waals surface area contributed by atoms with Crippen molar-refractivity contribution >= 4 is 17.0 Å². The molecular weight excluding hydrogens is 194 g/mol. The molecule has 0 aliphatic rings. The molecule has 0 aliphatic carbocycles. The number of hydrogen-bond donors (Lipinski definition) is 0. The maximum absolute atomic E-state index is 9.59. The molecule has 0 saturated carbocycles. The van der Waals surface area contributed by atoms with Crippen LogP contribution in [0.5, 0.6) is 0 Å². The second-order valence-corrected chi connectivity index (χ2v) is 2.87. The summed E-state index contributed by atoms with van der Waals surface area (Å²) in [5.41, 5.74) is 1.90. The van der Waals surface area contributed by atoms with Crippen molar-refractivity contribution in [3.63, 3.8) is 0 Å². The van der Waals surface area contributed by atoms with Crippen LogP contribution >= 0.6 is 0 Å². The number of benzene rings is 1. The summed E-state index contributed by atoms with van der Waals surface area (Å²) in [5.74, 6) is -0.245. The van der Waals surface area contributed by atoms with E-state index in [1.54, 1.807) is 4.80 Å². The zero-order valence-corrected chi connectivity index (χ0v) is 8.97. The van der Waals surface area contributed by atoms with Crippen LogP contribution in [-0.2, 0) is 16.6 Å². The molecule has 0 N–H and O–H groups in total. The van der Waals surface area contributed by atoms with Crippen molar-refractivity contribution in [3.05, 3.63) is 24.3 Å². The maximum atomic E-state index is 9.59. The first-order valence-corrected chi connectivity index (χ1v) is 4.44. The Bertz CT molecular complexity index is 418. The lowest BCUT2D eigenvalue weighted by molar-refractivity contribution is -0.137. The molecule has 0 atom stereocenters. The minimum absolute atomic E-state index is 0.245. The number of hydrogen-bond acceptors (Lipinski definition) is 4. The van der Waals surface area contributed by atoms with Gasteiger partial charge in [-0.1, -0.05) is 12.1 Å². The zero-order chi connectivity index (χ0) is 11.3. The van der Waals surface area contributed by atoms with Crippen LogP contribution in [0.25, 0.3) is 11.0 Å². The van der Waals surface area contributed by atoms with Gasteiger partial charge in [0.25, 0.3) is 0 Å². The van der Waals surface area contributed by atoms with Gasteiger partial charge >= 0.3 is 5.97 Å². The fourth-order valence-electron chi connectivity index (χ4n) is 0.967. The third-order valence-corrected chi connectivity index (χ3v) is 1.67. The van der Waals surface area contributed by atoms with Gasteiger partial charge in [0.1, 0.15) is 11.0 Å². The van der Waals surface area contributed by atoms with Crippen molar-refractivity contribution in [2.24, 2.45) is 7.05 Å². The topological polar surface area (TPSA) is 57.0 Å². The lowest BCUT2D eigenvalue weighted by Crippen LogP contribution is -1.90. The van der Waals surface area contributed by atoms with Crippen LogP contribution in [0.4, 0.5) is 0 Å². The summed E-state index contributed by atoms with van der Waals surface area (Å²) in [6.07, 6.45) is 0. The molecular formula is C10H13N3O2. The molecule has 5 heteroatoms. The lowest BCUT2D eigenvalue weighted by atomic mass is 10.3. The molecule has 80 valence electrons. The van der Waals surface area contributed by atoms with Crippen LogP contribution in [-0.4, -0.2) is 28.1 Å². The van der Waals surface area contributed by atoms with E-state index >= 15 is 0 Å². The van der Waals surface area contributed by atoms with Gasteiger partial charge in [0.15, 0.2) is 0 Å². The van der Waals surface area contributed by atoms with E-state index in [1.165, 1.54) is 14.0 Å². The highest BCUT2D eigenvalue weighted by Gasteiger charge is 1.94. The Morgan fingerprint density at radius 1 is 1.27 bits per heavy atom. The fourth-order valence-corrected chi connectivity index (χ4v) is 0.967. The molecule has 0 bridgehead atoms. The highest BCUT2D eigenvalue weighted by atomic mass is 16.5. The Labute approximate surface area is 87.6 Å². The van der Waals surface area contributed by atoms with Gasteiger partial charge in [-0.3, -0.25) is 4.79 Å². The number of methoxy groups -OCH3 is 1. The predicted octanol–water partition coefficient (Wildman–Crippen LogP) is 1.15. The van der Waals surface area contributed by atoms with Crippen molar-refractivity contribution in [3.8, 4) is 0 Å². The number of aromatic nitrogens is 3. The van der Waals surface area contributed by atoms with Crippen LogP contribution in [0.1, 0.15) is 6.92 Å². The summed E-state index contributed by atoms with van der Waals surface area (Å²) in [7, 11) is 3.17.